The standard InChI is InChI=1S/C24H20F3N3O2S/c1-14-4-5-15(2)20(10-14)29-22(31)13-33-23-18(12-28)19(24(25,26)27)11-21(30-23)16-6-8-17(32-3)9-7-16/h4-11H,13H2,1-3H3,(H,29,31). The summed E-state index contributed by atoms with van der Waals surface area (Å²) in [5.41, 5.74) is 1.20. The van der Waals surface area contributed by atoms with Crippen molar-refractivity contribution >= 4 is 23.4 Å². The normalized spacial score (nSPS) is 11.1. The predicted octanol–water partition coefficient (Wildman–Crippen LogP) is 6.00. The minimum atomic E-state index is -4.76. The summed E-state index contributed by atoms with van der Waals surface area (Å²) in [7, 11) is 1.48. The number of halogens is 3. The van der Waals surface area contributed by atoms with E-state index in [1.54, 1.807) is 30.3 Å². The molecular weight excluding hydrogens is 451 g/mol. The average molecular weight is 472 g/mol. The van der Waals surface area contributed by atoms with E-state index in [0.29, 0.717) is 17.0 Å². The second kappa shape index (κ2) is 9.96. The van der Waals surface area contributed by atoms with Crippen molar-refractivity contribution in [3.05, 3.63) is 70.8 Å². The maximum atomic E-state index is 13.7. The van der Waals surface area contributed by atoms with Crippen molar-refractivity contribution in [1.29, 1.82) is 5.26 Å². The van der Waals surface area contributed by atoms with Crippen LogP contribution in [0.1, 0.15) is 22.3 Å². The first-order valence-electron chi connectivity index (χ1n) is 9.79. The Balaban J connectivity index is 1.93. The van der Waals surface area contributed by atoms with Gasteiger partial charge in [0.25, 0.3) is 0 Å². The van der Waals surface area contributed by atoms with Crippen molar-refractivity contribution in [1.82, 2.24) is 4.98 Å². The van der Waals surface area contributed by atoms with Crippen LogP contribution in [0.3, 0.4) is 0 Å². The largest absolute Gasteiger partial charge is 0.497 e. The summed E-state index contributed by atoms with van der Waals surface area (Å²) >= 11 is 0.785. The van der Waals surface area contributed by atoms with Crippen LogP contribution in [-0.4, -0.2) is 23.8 Å². The summed E-state index contributed by atoms with van der Waals surface area (Å²) in [6.45, 7) is 3.72. The quantitative estimate of drug-likeness (QED) is 0.447. The summed E-state index contributed by atoms with van der Waals surface area (Å²) in [6.07, 6.45) is -4.76. The van der Waals surface area contributed by atoms with Crippen LogP contribution >= 0.6 is 11.8 Å². The molecule has 1 heterocycles. The number of nitrogens with one attached hydrogen (secondary N) is 1. The van der Waals surface area contributed by atoms with Gasteiger partial charge in [-0.3, -0.25) is 4.79 Å². The number of hydrogen-bond donors (Lipinski definition) is 1. The van der Waals surface area contributed by atoms with Gasteiger partial charge in [0, 0.05) is 11.3 Å². The minimum absolute atomic E-state index is 0.0430. The van der Waals surface area contributed by atoms with Crippen LogP contribution in [0.4, 0.5) is 18.9 Å². The third-order valence-electron chi connectivity index (χ3n) is 4.80. The lowest BCUT2D eigenvalue weighted by atomic mass is 10.1. The maximum Gasteiger partial charge on any atom is 0.417 e. The first-order chi connectivity index (χ1) is 15.6. The van der Waals surface area contributed by atoms with Crippen molar-refractivity contribution in [2.75, 3.05) is 18.2 Å². The van der Waals surface area contributed by atoms with E-state index in [9.17, 15) is 23.2 Å². The van der Waals surface area contributed by atoms with Gasteiger partial charge < -0.3 is 10.1 Å². The Morgan fingerprint density at radius 3 is 2.45 bits per heavy atom. The molecule has 0 aliphatic rings. The highest BCUT2D eigenvalue weighted by Crippen LogP contribution is 2.38. The zero-order valence-electron chi connectivity index (χ0n) is 18.1. The average Bonchev–Trinajstić information content (AvgIpc) is 2.79. The van der Waals surface area contributed by atoms with Gasteiger partial charge in [-0.2, -0.15) is 18.4 Å². The molecule has 1 N–H and O–H groups in total. The molecule has 0 atom stereocenters. The molecule has 0 saturated heterocycles. The number of thioether (sulfide) groups is 1. The number of nitriles is 1. The molecule has 3 rings (SSSR count). The van der Waals surface area contributed by atoms with E-state index in [1.807, 2.05) is 32.0 Å². The van der Waals surface area contributed by atoms with Crippen molar-refractivity contribution in [3.63, 3.8) is 0 Å². The van der Waals surface area contributed by atoms with E-state index in [1.165, 1.54) is 7.11 Å². The van der Waals surface area contributed by atoms with Crippen LogP contribution in [-0.2, 0) is 11.0 Å². The number of aryl methyl sites for hydroxylation is 2. The highest BCUT2D eigenvalue weighted by molar-refractivity contribution is 8.00. The fourth-order valence-corrected chi connectivity index (χ4v) is 3.86. The summed E-state index contributed by atoms with van der Waals surface area (Å²) in [5, 5.41) is 12.0. The fourth-order valence-electron chi connectivity index (χ4n) is 3.06. The Bertz CT molecular complexity index is 1220. The molecule has 9 heteroatoms. The fraction of sp³-hybridized carbons (Fsp3) is 0.208. The van der Waals surface area contributed by atoms with Gasteiger partial charge in [-0.1, -0.05) is 23.9 Å². The van der Waals surface area contributed by atoms with E-state index >= 15 is 0 Å². The molecule has 0 bridgehead atoms. The Hall–Kier alpha value is -3.51. The van der Waals surface area contributed by atoms with E-state index < -0.39 is 23.2 Å². The van der Waals surface area contributed by atoms with Gasteiger partial charge in [0.2, 0.25) is 5.91 Å². The number of carbonyl (C=O) groups excluding carboxylic acids is 1. The highest BCUT2D eigenvalue weighted by Gasteiger charge is 2.36. The molecular formula is C24H20F3N3O2S. The Morgan fingerprint density at radius 2 is 1.85 bits per heavy atom. The Labute approximate surface area is 193 Å². The number of aromatic nitrogens is 1. The second-order valence-electron chi connectivity index (χ2n) is 7.23. The van der Waals surface area contributed by atoms with Gasteiger partial charge in [0.05, 0.1) is 29.7 Å². The van der Waals surface area contributed by atoms with Crippen LogP contribution in [0.5, 0.6) is 5.75 Å². The van der Waals surface area contributed by atoms with Gasteiger partial charge >= 0.3 is 6.18 Å². The molecule has 0 spiro atoms. The van der Waals surface area contributed by atoms with Gasteiger partial charge in [0.1, 0.15) is 16.8 Å². The number of anilines is 1. The molecule has 0 unspecified atom stereocenters. The molecule has 0 saturated carbocycles. The molecule has 2 aromatic carbocycles. The molecule has 5 nitrogen and oxygen atoms in total. The van der Waals surface area contributed by atoms with Crippen LogP contribution in [0.2, 0.25) is 0 Å². The molecule has 0 fully saturated rings. The SMILES string of the molecule is COc1ccc(-c2cc(C(F)(F)F)c(C#N)c(SCC(=O)Nc3cc(C)ccc3C)n2)cc1. The van der Waals surface area contributed by atoms with Gasteiger partial charge in [0.15, 0.2) is 0 Å². The van der Waals surface area contributed by atoms with E-state index in [0.717, 1.165) is 29.0 Å². The number of hydrogen-bond acceptors (Lipinski definition) is 5. The zero-order valence-corrected chi connectivity index (χ0v) is 18.9. The summed E-state index contributed by atoms with van der Waals surface area (Å²) in [4.78, 5) is 16.8. The van der Waals surface area contributed by atoms with Crippen molar-refractivity contribution in [2.24, 2.45) is 0 Å². The van der Waals surface area contributed by atoms with Crippen LogP contribution < -0.4 is 10.1 Å². The van der Waals surface area contributed by atoms with Gasteiger partial charge in [-0.05, 0) is 61.4 Å². The lowest BCUT2D eigenvalue weighted by Crippen LogP contribution is -2.16. The minimum Gasteiger partial charge on any atom is -0.497 e. The molecule has 170 valence electrons. The van der Waals surface area contributed by atoms with Crippen molar-refractivity contribution in [2.45, 2.75) is 25.0 Å². The number of benzene rings is 2. The number of nitrogens with zero attached hydrogens (tertiary/aromatic N) is 2. The predicted molar refractivity (Wildman–Crippen MR) is 121 cm³/mol. The molecule has 3 aromatic rings. The van der Waals surface area contributed by atoms with Crippen molar-refractivity contribution in [3.8, 4) is 23.1 Å². The molecule has 1 aromatic heterocycles. The topological polar surface area (TPSA) is 75.0 Å². The van der Waals surface area contributed by atoms with Gasteiger partial charge in [-0.25, -0.2) is 4.98 Å². The van der Waals surface area contributed by atoms with Crippen LogP contribution in [0.15, 0.2) is 53.6 Å². The molecule has 33 heavy (non-hydrogen) atoms. The lowest BCUT2D eigenvalue weighted by molar-refractivity contribution is -0.138. The number of alkyl halides is 3. The third kappa shape index (κ3) is 5.84. The smallest absolute Gasteiger partial charge is 0.417 e. The number of carbonyl (C=O) groups is 1. The summed E-state index contributed by atoms with van der Waals surface area (Å²) < 4.78 is 46.2. The summed E-state index contributed by atoms with van der Waals surface area (Å²) in [5.74, 6) is -0.0812. The number of pyridine rings is 1. The monoisotopic (exact) mass is 471 g/mol. The van der Waals surface area contributed by atoms with E-state index in [-0.39, 0.29) is 16.5 Å². The number of methoxy groups -OCH3 is 1. The second-order valence-corrected chi connectivity index (χ2v) is 8.19. The molecule has 1 amide bonds. The summed E-state index contributed by atoms with van der Waals surface area (Å²) in [6, 6.07) is 14.4. The highest BCUT2D eigenvalue weighted by atomic mass is 32.2. The number of rotatable bonds is 6. The number of amides is 1. The van der Waals surface area contributed by atoms with Crippen LogP contribution in [0.25, 0.3) is 11.3 Å². The molecule has 0 aliphatic heterocycles. The van der Waals surface area contributed by atoms with Crippen molar-refractivity contribution < 1.29 is 22.7 Å². The lowest BCUT2D eigenvalue weighted by Gasteiger charge is -2.15. The van der Waals surface area contributed by atoms with E-state index in [4.69, 9.17) is 4.74 Å². The first-order valence-corrected chi connectivity index (χ1v) is 10.8. The first kappa shape index (κ1) is 24.1. The zero-order chi connectivity index (χ0) is 24.2. The van der Waals surface area contributed by atoms with Gasteiger partial charge in [-0.15, -0.1) is 0 Å². The molecule has 0 aliphatic carbocycles. The number of ether oxygens (including phenoxy) is 1. The molecule has 0 radical (unpaired) electrons. The maximum absolute atomic E-state index is 13.7. The third-order valence-corrected chi connectivity index (χ3v) is 5.77. The Morgan fingerprint density at radius 1 is 1.15 bits per heavy atom. The Kier molecular flexibility index (Phi) is 7.29. The van der Waals surface area contributed by atoms with Crippen LogP contribution in [0, 0.1) is 25.2 Å². The van der Waals surface area contributed by atoms with E-state index in [2.05, 4.69) is 10.3 Å².